The maximum Gasteiger partial charge on any atom is 0.234 e. The fourth-order valence-corrected chi connectivity index (χ4v) is 5.41. The molecule has 0 aliphatic carbocycles. The number of hydrogen-bond acceptors (Lipinski definition) is 5. The van der Waals surface area contributed by atoms with Crippen LogP contribution >= 0.6 is 0 Å². The largest absolute Gasteiger partial charge is 0.372 e. The number of benzene rings is 1. The highest BCUT2D eigenvalue weighted by molar-refractivity contribution is 6.01. The predicted octanol–water partition coefficient (Wildman–Crippen LogP) is 2.09. The average Bonchev–Trinajstić information content (AvgIpc) is 2.75. The first-order valence-electron chi connectivity index (χ1n) is 11.2. The maximum absolute atomic E-state index is 12.2. The number of imide groups is 1. The highest BCUT2D eigenvalue weighted by atomic mass is 16.2. The maximum atomic E-state index is 12.2. The van der Waals surface area contributed by atoms with Crippen molar-refractivity contribution < 1.29 is 9.59 Å². The van der Waals surface area contributed by atoms with Gasteiger partial charge in [0.2, 0.25) is 11.8 Å². The van der Waals surface area contributed by atoms with Crippen LogP contribution in [0, 0.1) is 11.8 Å². The number of anilines is 1. The molecule has 6 nitrogen and oxygen atoms in total. The van der Waals surface area contributed by atoms with Crippen LogP contribution in [-0.2, 0) is 9.59 Å². The third kappa shape index (κ3) is 4.81. The van der Waals surface area contributed by atoms with Crippen LogP contribution in [0.5, 0.6) is 0 Å². The fourth-order valence-electron chi connectivity index (χ4n) is 5.41. The molecule has 1 atom stereocenters. The summed E-state index contributed by atoms with van der Waals surface area (Å²) in [4.78, 5) is 28.6. The zero-order valence-corrected chi connectivity index (χ0v) is 17.3. The normalized spacial score (nSPS) is 25.3. The van der Waals surface area contributed by atoms with Crippen molar-refractivity contribution in [2.75, 3.05) is 44.2 Å². The number of nitrogens with one attached hydrogen (secondary N) is 1. The molecule has 1 aromatic carbocycles. The van der Waals surface area contributed by atoms with Crippen LogP contribution in [0.1, 0.15) is 50.0 Å². The highest BCUT2D eigenvalue weighted by Crippen LogP contribution is 2.35. The fraction of sp³-hybridized carbons (Fsp3) is 0.652. The number of carbonyl (C=O) groups excluding carboxylic acids is 2. The molecular weight excluding hydrogens is 364 g/mol. The van der Waals surface area contributed by atoms with E-state index in [4.69, 9.17) is 5.73 Å². The molecule has 0 saturated carbocycles. The topological polar surface area (TPSA) is 78.7 Å². The Labute approximate surface area is 173 Å². The lowest BCUT2D eigenvalue weighted by Gasteiger charge is -2.41. The Morgan fingerprint density at radius 1 is 0.966 bits per heavy atom. The molecule has 158 valence electrons. The summed E-state index contributed by atoms with van der Waals surface area (Å²) in [5.41, 5.74) is 7.94. The Balaban J connectivity index is 1.32. The molecule has 0 radical (unpaired) electrons. The summed E-state index contributed by atoms with van der Waals surface area (Å²) in [5, 5.41) is 2.48. The van der Waals surface area contributed by atoms with Gasteiger partial charge < -0.3 is 15.5 Å². The Morgan fingerprint density at radius 2 is 1.66 bits per heavy atom. The molecule has 0 spiro atoms. The lowest BCUT2D eigenvalue weighted by atomic mass is 9.78. The number of nitrogens with two attached hydrogens (primary N) is 1. The molecule has 1 unspecified atom stereocenters. The first kappa shape index (κ1) is 20.4. The van der Waals surface area contributed by atoms with Gasteiger partial charge in [0.25, 0.3) is 0 Å². The molecule has 2 amide bonds. The SMILES string of the molecule is NCCN1CCC(C2CCN(c3cccc(C4CCC(=O)NC4=O)c3)CC2)CC1. The lowest BCUT2D eigenvalue weighted by Crippen LogP contribution is -2.42. The Bertz CT molecular complexity index is 721. The minimum absolute atomic E-state index is 0.154. The van der Waals surface area contributed by atoms with Crippen LogP contribution in [0.25, 0.3) is 0 Å². The van der Waals surface area contributed by atoms with Crippen LogP contribution in [0.3, 0.4) is 0 Å². The number of hydrogen-bond donors (Lipinski definition) is 2. The number of rotatable bonds is 5. The summed E-state index contributed by atoms with van der Waals surface area (Å²) in [5.74, 6) is 1.19. The summed E-state index contributed by atoms with van der Waals surface area (Å²) in [6, 6.07) is 8.38. The molecule has 0 aromatic heterocycles. The predicted molar refractivity (Wildman–Crippen MR) is 115 cm³/mol. The zero-order chi connectivity index (χ0) is 20.2. The standard InChI is InChI=1S/C23H34N4O2/c24-10-15-26-11-6-17(7-12-26)18-8-13-27(14-9-18)20-3-1-2-19(16-20)21-4-5-22(28)25-23(21)29/h1-3,16-18,21H,4-15,24H2,(H,25,28,29). The summed E-state index contributed by atoms with van der Waals surface area (Å²) < 4.78 is 0. The van der Waals surface area contributed by atoms with Gasteiger partial charge in [-0.25, -0.2) is 0 Å². The van der Waals surface area contributed by atoms with Gasteiger partial charge in [-0.2, -0.15) is 0 Å². The molecule has 0 bridgehead atoms. The van der Waals surface area contributed by atoms with Crippen LogP contribution in [0.4, 0.5) is 5.69 Å². The Hall–Kier alpha value is -1.92. The van der Waals surface area contributed by atoms with Crippen molar-refractivity contribution >= 4 is 17.5 Å². The minimum atomic E-state index is -0.205. The van der Waals surface area contributed by atoms with Crippen molar-refractivity contribution in [2.24, 2.45) is 17.6 Å². The molecular formula is C23H34N4O2. The van der Waals surface area contributed by atoms with Crippen molar-refractivity contribution in [1.82, 2.24) is 10.2 Å². The number of nitrogens with zero attached hydrogens (tertiary/aromatic N) is 2. The van der Waals surface area contributed by atoms with E-state index in [9.17, 15) is 9.59 Å². The monoisotopic (exact) mass is 398 g/mol. The quantitative estimate of drug-likeness (QED) is 0.743. The molecule has 6 heteroatoms. The van der Waals surface area contributed by atoms with Gasteiger partial charge in [0, 0.05) is 38.3 Å². The summed E-state index contributed by atoms with van der Waals surface area (Å²) in [7, 11) is 0. The van der Waals surface area contributed by atoms with Gasteiger partial charge in [0.1, 0.15) is 0 Å². The first-order valence-corrected chi connectivity index (χ1v) is 11.2. The molecule has 3 N–H and O–H groups in total. The van der Waals surface area contributed by atoms with Crippen molar-refractivity contribution in [3.05, 3.63) is 29.8 Å². The van der Waals surface area contributed by atoms with E-state index in [2.05, 4.69) is 27.2 Å². The Kier molecular flexibility index (Phi) is 6.50. The molecule has 3 saturated heterocycles. The highest BCUT2D eigenvalue weighted by Gasteiger charge is 2.31. The zero-order valence-electron chi connectivity index (χ0n) is 17.3. The van der Waals surface area contributed by atoms with E-state index in [0.29, 0.717) is 12.8 Å². The van der Waals surface area contributed by atoms with E-state index < -0.39 is 0 Å². The molecule has 29 heavy (non-hydrogen) atoms. The first-order chi connectivity index (χ1) is 14.1. The van der Waals surface area contributed by atoms with Crippen LogP contribution in [0.2, 0.25) is 0 Å². The van der Waals surface area contributed by atoms with Crippen molar-refractivity contribution in [1.29, 1.82) is 0 Å². The number of piperidine rings is 3. The van der Waals surface area contributed by atoms with Gasteiger partial charge in [0.05, 0.1) is 5.92 Å². The summed E-state index contributed by atoms with van der Waals surface area (Å²) in [6.45, 7) is 6.39. The molecule has 3 heterocycles. The molecule has 4 rings (SSSR count). The molecule has 3 fully saturated rings. The van der Waals surface area contributed by atoms with Gasteiger partial charge in [-0.1, -0.05) is 12.1 Å². The molecule has 3 aliphatic rings. The van der Waals surface area contributed by atoms with Gasteiger partial charge in [-0.05, 0) is 74.7 Å². The minimum Gasteiger partial charge on any atom is -0.372 e. The van der Waals surface area contributed by atoms with E-state index in [1.807, 2.05) is 12.1 Å². The summed E-state index contributed by atoms with van der Waals surface area (Å²) in [6.07, 6.45) is 6.18. The van der Waals surface area contributed by atoms with Gasteiger partial charge in [-0.3, -0.25) is 14.9 Å². The van der Waals surface area contributed by atoms with E-state index in [1.54, 1.807) is 0 Å². The van der Waals surface area contributed by atoms with E-state index in [0.717, 1.165) is 43.6 Å². The van der Waals surface area contributed by atoms with Gasteiger partial charge >= 0.3 is 0 Å². The number of amides is 2. The van der Waals surface area contributed by atoms with Crippen LogP contribution in [0.15, 0.2) is 24.3 Å². The van der Waals surface area contributed by atoms with Crippen molar-refractivity contribution in [3.8, 4) is 0 Å². The van der Waals surface area contributed by atoms with Crippen LogP contribution in [-0.4, -0.2) is 56.0 Å². The lowest BCUT2D eigenvalue weighted by molar-refractivity contribution is -0.134. The van der Waals surface area contributed by atoms with E-state index in [-0.39, 0.29) is 17.7 Å². The van der Waals surface area contributed by atoms with Gasteiger partial charge in [-0.15, -0.1) is 0 Å². The van der Waals surface area contributed by atoms with Crippen molar-refractivity contribution in [3.63, 3.8) is 0 Å². The van der Waals surface area contributed by atoms with Crippen molar-refractivity contribution in [2.45, 2.75) is 44.4 Å². The van der Waals surface area contributed by atoms with Crippen LogP contribution < -0.4 is 16.0 Å². The van der Waals surface area contributed by atoms with E-state index >= 15 is 0 Å². The van der Waals surface area contributed by atoms with E-state index in [1.165, 1.54) is 44.5 Å². The second kappa shape index (κ2) is 9.26. The Morgan fingerprint density at radius 3 is 2.31 bits per heavy atom. The smallest absolute Gasteiger partial charge is 0.234 e. The molecule has 3 aliphatic heterocycles. The summed E-state index contributed by atoms with van der Waals surface area (Å²) >= 11 is 0. The second-order valence-electron chi connectivity index (χ2n) is 8.89. The third-order valence-electron chi connectivity index (χ3n) is 7.16. The molecule has 1 aromatic rings. The average molecular weight is 399 g/mol. The third-order valence-corrected chi connectivity index (χ3v) is 7.16. The second-order valence-corrected chi connectivity index (χ2v) is 8.89. The number of likely N-dealkylation sites (tertiary alicyclic amines) is 1. The van der Waals surface area contributed by atoms with Gasteiger partial charge in [0.15, 0.2) is 0 Å². The number of carbonyl (C=O) groups is 2.